The number of carbonyl (C=O) groups is 1. The molecule has 2 unspecified atom stereocenters. The fourth-order valence-electron chi connectivity index (χ4n) is 2.20. The van der Waals surface area contributed by atoms with Gasteiger partial charge in [-0.3, -0.25) is 0 Å². The zero-order valence-electron chi connectivity index (χ0n) is 10.8. The molecule has 0 spiro atoms. The molecule has 98 valence electrons. The molecule has 2 aromatic rings. The van der Waals surface area contributed by atoms with Crippen LogP contribution in [0.15, 0.2) is 60.7 Å². The lowest BCUT2D eigenvalue weighted by Gasteiger charge is -2.16. The van der Waals surface area contributed by atoms with Crippen LogP contribution in [-0.2, 0) is 11.2 Å². The molecule has 0 aromatic heterocycles. The van der Waals surface area contributed by atoms with Gasteiger partial charge in [0.05, 0.1) is 6.10 Å². The highest BCUT2D eigenvalue weighted by molar-refractivity contribution is 5.54. The van der Waals surface area contributed by atoms with E-state index in [4.69, 9.17) is 0 Å². The minimum atomic E-state index is -0.583. The van der Waals surface area contributed by atoms with E-state index >= 15 is 0 Å². The van der Waals surface area contributed by atoms with Crippen LogP contribution in [-0.4, -0.2) is 11.4 Å². The monoisotopic (exact) mass is 254 g/mol. The normalized spacial score (nSPS) is 13.7. The molecule has 0 aliphatic carbocycles. The lowest BCUT2D eigenvalue weighted by atomic mass is 9.92. The van der Waals surface area contributed by atoms with Crippen LogP contribution in [0.4, 0.5) is 0 Å². The molecule has 0 fully saturated rings. The lowest BCUT2D eigenvalue weighted by Crippen LogP contribution is -2.11. The summed E-state index contributed by atoms with van der Waals surface area (Å²) in [5.41, 5.74) is 1.99. The molecule has 2 heteroatoms. The van der Waals surface area contributed by atoms with E-state index in [2.05, 4.69) is 0 Å². The Morgan fingerprint density at radius 3 is 2.11 bits per heavy atom. The van der Waals surface area contributed by atoms with E-state index in [9.17, 15) is 9.90 Å². The van der Waals surface area contributed by atoms with E-state index in [1.54, 1.807) is 0 Å². The average molecular weight is 254 g/mol. The van der Waals surface area contributed by atoms with Crippen molar-refractivity contribution in [1.82, 2.24) is 0 Å². The molecule has 2 nitrogen and oxygen atoms in total. The third-order valence-corrected chi connectivity index (χ3v) is 3.24. The van der Waals surface area contributed by atoms with Gasteiger partial charge in [0.1, 0.15) is 6.29 Å². The van der Waals surface area contributed by atoms with Gasteiger partial charge in [-0.2, -0.15) is 0 Å². The van der Waals surface area contributed by atoms with Gasteiger partial charge >= 0.3 is 0 Å². The van der Waals surface area contributed by atoms with Crippen molar-refractivity contribution < 1.29 is 9.90 Å². The molecule has 2 rings (SSSR count). The maximum absolute atomic E-state index is 11.2. The van der Waals surface area contributed by atoms with Gasteiger partial charge in [-0.15, -0.1) is 0 Å². The third-order valence-electron chi connectivity index (χ3n) is 3.24. The first-order chi connectivity index (χ1) is 9.29. The summed E-state index contributed by atoms with van der Waals surface area (Å²) in [7, 11) is 0. The Labute approximate surface area is 113 Å². The predicted octanol–water partition coefficient (Wildman–Crippen LogP) is 3.17. The molecule has 0 amide bonds. The van der Waals surface area contributed by atoms with Crippen molar-refractivity contribution in [3.05, 3.63) is 71.8 Å². The Morgan fingerprint density at radius 1 is 0.947 bits per heavy atom. The second-order valence-corrected chi connectivity index (χ2v) is 4.75. The zero-order valence-corrected chi connectivity index (χ0v) is 10.8. The van der Waals surface area contributed by atoms with Crippen LogP contribution in [0.2, 0.25) is 0 Å². The van der Waals surface area contributed by atoms with Crippen molar-refractivity contribution in [2.45, 2.75) is 18.9 Å². The summed E-state index contributed by atoms with van der Waals surface area (Å²) in [5, 5.41) is 10.1. The summed E-state index contributed by atoms with van der Waals surface area (Å²) in [6.07, 6.45) is 1.50. The number of carbonyl (C=O) groups excluding carboxylic acids is 1. The smallest absolute Gasteiger partial charge is 0.123 e. The van der Waals surface area contributed by atoms with Gasteiger partial charge in [0.15, 0.2) is 0 Å². The molecule has 0 saturated heterocycles. The van der Waals surface area contributed by atoms with E-state index in [1.165, 1.54) is 0 Å². The highest BCUT2D eigenvalue weighted by Gasteiger charge is 2.15. The fourth-order valence-corrected chi connectivity index (χ4v) is 2.20. The van der Waals surface area contributed by atoms with Crippen LogP contribution in [0.5, 0.6) is 0 Å². The minimum absolute atomic E-state index is 0.155. The molecule has 1 N–H and O–H groups in total. The number of hydrogen-bond donors (Lipinski definition) is 1. The molecule has 0 aliphatic rings. The maximum atomic E-state index is 11.2. The van der Waals surface area contributed by atoms with Crippen LogP contribution < -0.4 is 0 Å². The summed E-state index contributed by atoms with van der Waals surface area (Å²) < 4.78 is 0. The highest BCUT2D eigenvalue weighted by Crippen LogP contribution is 2.22. The second-order valence-electron chi connectivity index (χ2n) is 4.75. The predicted molar refractivity (Wildman–Crippen MR) is 75.7 cm³/mol. The third kappa shape index (κ3) is 4.04. The Morgan fingerprint density at radius 2 is 1.53 bits per heavy atom. The second kappa shape index (κ2) is 6.86. The number of aldehydes is 1. The molecule has 19 heavy (non-hydrogen) atoms. The van der Waals surface area contributed by atoms with Crippen LogP contribution >= 0.6 is 0 Å². The highest BCUT2D eigenvalue weighted by atomic mass is 16.3. The van der Waals surface area contributed by atoms with Gasteiger partial charge in [-0.05, 0) is 24.0 Å². The molecule has 2 aromatic carbocycles. The standard InChI is InChI=1S/C17H18O2/c18-13-15(11-14-7-3-1-4-8-14)12-17(19)16-9-5-2-6-10-16/h1-10,13,15,17,19H,11-12H2. The Kier molecular flexibility index (Phi) is 4.87. The quantitative estimate of drug-likeness (QED) is 0.804. The summed E-state index contributed by atoms with van der Waals surface area (Å²) in [4.78, 5) is 11.2. The van der Waals surface area contributed by atoms with Crippen molar-refractivity contribution in [2.24, 2.45) is 5.92 Å². The zero-order chi connectivity index (χ0) is 13.5. The first-order valence-electron chi connectivity index (χ1n) is 6.52. The van der Waals surface area contributed by atoms with E-state index < -0.39 is 6.10 Å². The van der Waals surface area contributed by atoms with Gasteiger partial charge in [0.25, 0.3) is 0 Å². The van der Waals surface area contributed by atoms with E-state index in [-0.39, 0.29) is 5.92 Å². The maximum Gasteiger partial charge on any atom is 0.123 e. The van der Waals surface area contributed by atoms with Crippen LogP contribution in [0.25, 0.3) is 0 Å². The number of rotatable bonds is 6. The summed E-state index contributed by atoms with van der Waals surface area (Å²) in [5.74, 6) is -0.155. The topological polar surface area (TPSA) is 37.3 Å². The number of aliphatic hydroxyl groups is 1. The van der Waals surface area contributed by atoms with Crippen LogP contribution in [0, 0.1) is 5.92 Å². The molecular formula is C17H18O2. The SMILES string of the molecule is O=CC(Cc1ccccc1)CC(O)c1ccccc1. The Balaban J connectivity index is 1.98. The summed E-state index contributed by atoms with van der Waals surface area (Å²) >= 11 is 0. The molecular weight excluding hydrogens is 236 g/mol. The van der Waals surface area contributed by atoms with Gasteiger partial charge in [0.2, 0.25) is 0 Å². The van der Waals surface area contributed by atoms with Crippen LogP contribution in [0.3, 0.4) is 0 Å². The van der Waals surface area contributed by atoms with Crippen molar-refractivity contribution in [3.8, 4) is 0 Å². The summed E-state index contributed by atoms with van der Waals surface area (Å²) in [6, 6.07) is 19.4. The lowest BCUT2D eigenvalue weighted by molar-refractivity contribution is -0.112. The molecule has 0 aliphatic heterocycles. The van der Waals surface area contributed by atoms with Gasteiger partial charge in [-0.25, -0.2) is 0 Å². The van der Waals surface area contributed by atoms with E-state index in [0.717, 1.165) is 17.4 Å². The number of hydrogen-bond acceptors (Lipinski definition) is 2. The first kappa shape index (κ1) is 13.5. The molecule has 0 bridgehead atoms. The number of aliphatic hydroxyl groups excluding tert-OH is 1. The molecule has 0 saturated carbocycles. The number of benzene rings is 2. The molecule has 2 atom stereocenters. The molecule has 0 radical (unpaired) electrons. The van der Waals surface area contributed by atoms with Crippen molar-refractivity contribution >= 4 is 6.29 Å². The Hall–Kier alpha value is -1.93. The average Bonchev–Trinajstić information content (AvgIpc) is 2.48. The van der Waals surface area contributed by atoms with E-state index in [0.29, 0.717) is 12.8 Å². The summed E-state index contributed by atoms with van der Waals surface area (Å²) in [6.45, 7) is 0. The van der Waals surface area contributed by atoms with Crippen LogP contribution in [0.1, 0.15) is 23.7 Å². The largest absolute Gasteiger partial charge is 0.388 e. The van der Waals surface area contributed by atoms with Gasteiger partial charge in [0, 0.05) is 5.92 Å². The van der Waals surface area contributed by atoms with E-state index in [1.807, 2.05) is 60.7 Å². The fraction of sp³-hybridized carbons (Fsp3) is 0.235. The van der Waals surface area contributed by atoms with Crippen molar-refractivity contribution in [2.75, 3.05) is 0 Å². The van der Waals surface area contributed by atoms with Crippen molar-refractivity contribution in [3.63, 3.8) is 0 Å². The minimum Gasteiger partial charge on any atom is -0.388 e. The van der Waals surface area contributed by atoms with Gasteiger partial charge in [-0.1, -0.05) is 60.7 Å². The molecule has 0 heterocycles. The first-order valence-corrected chi connectivity index (χ1v) is 6.52. The van der Waals surface area contributed by atoms with Crippen molar-refractivity contribution in [1.29, 1.82) is 0 Å². The van der Waals surface area contributed by atoms with Gasteiger partial charge < -0.3 is 9.90 Å². The Bertz CT molecular complexity index is 493.